The topological polar surface area (TPSA) is 126 Å². The maximum atomic E-state index is 13.9. The minimum Gasteiger partial charge on any atom is -0.404 e. The molecule has 224 valence electrons. The van der Waals surface area contributed by atoms with Gasteiger partial charge in [0.2, 0.25) is 5.91 Å². The lowest BCUT2D eigenvalue weighted by Gasteiger charge is -2.64. The molecule has 1 heterocycles. The molecule has 2 aromatic carbocycles. The smallest absolute Gasteiger partial charge is 0.404 e. The predicted molar refractivity (Wildman–Crippen MR) is 159 cm³/mol. The summed E-state index contributed by atoms with van der Waals surface area (Å²) in [5, 5.41) is 14.9. The number of carbonyl (C=O) groups excluding carboxylic acids is 3. The van der Waals surface area contributed by atoms with Crippen LogP contribution in [0.4, 0.5) is 0 Å². The molecule has 3 amide bonds. The van der Waals surface area contributed by atoms with Crippen LogP contribution in [0.3, 0.4) is 0 Å². The number of nitrogens with one attached hydrogen (secondary N) is 3. The Balaban J connectivity index is 1.33. The van der Waals surface area contributed by atoms with E-state index < -0.39 is 25.0 Å². The molecule has 6 atom stereocenters. The molecule has 4 aliphatic rings. The first-order chi connectivity index (χ1) is 19.9. The lowest BCUT2D eigenvalue weighted by atomic mass is 9.43. The van der Waals surface area contributed by atoms with Crippen LogP contribution in [0.5, 0.6) is 0 Å². The lowest BCUT2D eigenvalue weighted by Crippen LogP contribution is -2.65. The molecule has 6 rings (SSSR count). The third-order valence-corrected chi connectivity index (χ3v) is 9.77. The standard InChI is InChI=1S/C32H42BN3O6/c1-19(2)15-27(33-41-26-18-23-17-25(31(23,3)4)32(26,5)42-33)35-30(39)24(16-20-9-7-6-8-10-20)34-28(37)21-11-13-22(14-12-21)29(38)36-40/h6-14,19,23-27,40H,15-18H2,1-5H3,(H,34,37)(H,35,39)(H,36,38)/t23-,24?,25-,26?,27+,32-/m1/s1. The van der Waals surface area contributed by atoms with Gasteiger partial charge >= 0.3 is 7.12 Å². The van der Waals surface area contributed by atoms with Crippen molar-refractivity contribution in [1.82, 2.24) is 16.1 Å². The lowest BCUT2D eigenvalue weighted by molar-refractivity contribution is -0.199. The molecule has 42 heavy (non-hydrogen) atoms. The van der Waals surface area contributed by atoms with Gasteiger partial charge in [-0.2, -0.15) is 0 Å². The van der Waals surface area contributed by atoms with Gasteiger partial charge in [-0.05, 0) is 79.2 Å². The van der Waals surface area contributed by atoms with Gasteiger partial charge in [-0.3, -0.25) is 19.6 Å². The van der Waals surface area contributed by atoms with E-state index in [0.717, 1.165) is 18.4 Å². The first-order valence-corrected chi connectivity index (χ1v) is 14.9. The van der Waals surface area contributed by atoms with E-state index in [1.165, 1.54) is 24.3 Å². The van der Waals surface area contributed by atoms with Gasteiger partial charge in [-0.25, -0.2) is 5.48 Å². The van der Waals surface area contributed by atoms with E-state index in [9.17, 15) is 14.4 Å². The summed E-state index contributed by atoms with van der Waals surface area (Å²) < 4.78 is 13.3. The zero-order chi connectivity index (χ0) is 30.2. The summed E-state index contributed by atoms with van der Waals surface area (Å²) in [6, 6.07) is 14.5. The molecule has 2 unspecified atom stereocenters. The number of hydrogen-bond acceptors (Lipinski definition) is 6. The number of rotatable bonds is 10. The minimum atomic E-state index is -0.860. The van der Waals surface area contributed by atoms with Crippen LogP contribution in [-0.2, 0) is 20.5 Å². The second kappa shape index (κ2) is 11.8. The zero-order valence-electron chi connectivity index (χ0n) is 25.1. The number of amides is 3. The Morgan fingerprint density at radius 3 is 2.19 bits per heavy atom. The minimum absolute atomic E-state index is 0.00143. The normalized spacial score (nSPS) is 26.9. The fourth-order valence-corrected chi connectivity index (χ4v) is 7.24. The molecule has 0 spiro atoms. The van der Waals surface area contributed by atoms with E-state index >= 15 is 0 Å². The number of hydrogen-bond donors (Lipinski definition) is 4. The molecule has 0 aromatic heterocycles. The van der Waals surface area contributed by atoms with E-state index in [-0.39, 0.29) is 46.0 Å². The summed E-state index contributed by atoms with van der Waals surface area (Å²) in [5.74, 6) is -0.507. The Morgan fingerprint density at radius 2 is 1.60 bits per heavy atom. The van der Waals surface area contributed by atoms with Crippen molar-refractivity contribution in [3.63, 3.8) is 0 Å². The number of carbonyl (C=O) groups is 3. The molecular formula is C32H42BN3O6. The van der Waals surface area contributed by atoms with Crippen molar-refractivity contribution in [1.29, 1.82) is 0 Å². The first-order valence-electron chi connectivity index (χ1n) is 14.9. The van der Waals surface area contributed by atoms with E-state index in [2.05, 4.69) is 45.3 Å². The quantitative estimate of drug-likeness (QED) is 0.193. The van der Waals surface area contributed by atoms with Gasteiger partial charge in [0.1, 0.15) is 6.04 Å². The van der Waals surface area contributed by atoms with Crippen LogP contribution in [0, 0.1) is 23.2 Å². The van der Waals surface area contributed by atoms with Crippen LogP contribution < -0.4 is 16.1 Å². The molecular weight excluding hydrogens is 533 g/mol. The van der Waals surface area contributed by atoms with Crippen molar-refractivity contribution >= 4 is 24.8 Å². The Bertz CT molecular complexity index is 1300. The van der Waals surface area contributed by atoms with Crippen LogP contribution in [0.1, 0.15) is 80.2 Å². The van der Waals surface area contributed by atoms with Crippen molar-refractivity contribution in [2.45, 2.75) is 84.0 Å². The third kappa shape index (κ3) is 5.85. The summed E-state index contributed by atoms with van der Waals surface area (Å²) in [5.41, 5.74) is 2.79. The second-order valence-electron chi connectivity index (χ2n) is 13.3. The molecule has 1 saturated heterocycles. The maximum Gasteiger partial charge on any atom is 0.481 e. The van der Waals surface area contributed by atoms with Gasteiger partial charge in [0.25, 0.3) is 11.8 Å². The highest BCUT2D eigenvalue weighted by molar-refractivity contribution is 6.48. The van der Waals surface area contributed by atoms with E-state index in [4.69, 9.17) is 14.5 Å². The van der Waals surface area contributed by atoms with Gasteiger partial charge in [-0.15, -0.1) is 0 Å². The monoisotopic (exact) mass is 575 g/mol. The summed E-state index contributed by atoms with van der Waals surface area (Å²) in [7, 11) is -0.570. The van der Waals surface area contributed by atoms with Crippen molar-refractivity contribution in [3.8, 4) is 0 Å². The van der Waals surface area contributed by atoms with Crippen LogP contribution in [0.25, 0.3) is 0 Å². The zero-order valence-corrected chi connectivity index (χ0v) is 25.1. The summed E-state index contributed by atoms with van der Waals surface area (Å²) in [6.45, 7) is 11.0. The number of hydroxylamine groups is 1. The highest BCUT2D eigenvalue weighted by Gasteiger charge is 2.68. The van der Waals surface area contributed by atoms with E-state index in [1.54, 1.807) is 5.48 Å². The molecule has 2 bridgehead atoms. The average molecular weight is 576 g/mol. The van der Waals surface area contributed by atoms with E-state index in [0.29, 0.717) is 24.7 Å². The Hall–Kier alpha value is -3.21. The molecule has 2 aromatic rings. The highest BCUT2D eigenvalue weighted by Crippen LogP contribution is 2.65. The molecule has 3 saturated carbocycles. The highest BCUT2D eigenvalue weighted by atomic mass is 16.7. The van der Waals surface area contributed by atoms with Crippen molar-refractivity contribution < 1.29 is 28.9 Å². The summed E-state index contributed by atoms with van der Waals surface area (Å²) in [4.78, 5) is 38.8. The first kappa shape index (κ1) is 30.3. The summed E-state index contributed by atoms with van der Waals surface area (Å²) in [6.07, 6.45) is 3.07. The molecule has 4 N–H and O–H groups in total. The Kier molecular flexibility index (Phi) is 8.52. The maximum absolute atomic E-state index is 13.9. The van der Waals surface area contributed by atoms with Crippen molar-refractivity contribution in [3.05, 3.63) is 71.3 Å². The van der Waals surface area contributed by atoms with Crippen LogP contribution in [0.2, 0.25) is 0 Å². The summed E-state index contributed by atoms with van der Waals surface area (Å²) >= 11 is 0. The van der Waals surface area contributed by atoms with Crippen LogP contribution in [0.15, 0.2) is 54.6 Å². The van der Waals surface area contributed by atoms with Gasteiger partial charge in [0.15, 0.2) is 0 Å². The fourth-order valence-electron chi connectivity index (χ4n) is 7.24. The molecule has 4 fully saturated rings. The Morgan fingerprint density at radius 1 is 0.952 bits per heavy atom. The van der Waals surface area contributed by atoms with E-state index in [1.807, 2.05) is 30.3 Å². The van der Waals surface area contributed by atoms with Gasteiger partial charge in [0, 0.05) is 17.5 Å². The third-order valence-electron chi connectivity index (χ3n) is 9.77. The van der Waals surface area contributed by atoms with Gasteiger partial charge in [0.05, 0.1) is 17.6 Å². The predicted octanol–water partition coefficient (Wildman–Crippen LogP) is 3.95. The molecule has 0 radical (unpaired) electrons. The molecule has 9 nitrogen and oxygen atoms in total. The van der Waals surface area contributed by atoms with Gasteiger partial charge < -0.3 is 19.9 Å². The average Bonchev–Trinajstić information content (AvgIpc) is 3.33. The Labute approximate surface area is 248 Å². The molecule has 1 aliphatic heterocycles. The van der Waals surface area contributed by atoms with Crippen LogP contribution >= 0.6 is 0 Å². The number of benzene rings is 2. The SMILES string of the molecule is CC(C)C[C@H](NC(=O)C(Cc1ccccc1)NC(=O)c1ccc(C(=O)NO)cc1)B1OC2C[C@H]3C[C@H](C3(C)C)[C@@]2(C)O1. The van der Waals surface area contributed by atoms with Crippen molar-refractivity contribution in [2.24, 2.45) is 23.2 Å². The van der Waals surface area contributed by atoms with Gasteiger partial charge in [-0.1, -0.05) is 58.0 Å². The van der Waals surface area contributed by atoms with Crippen LogP contribution in [-0.4, -0.2) is 53.7 Å². The fraction of sp³-hybridized carbons (Fsp3) is 0.531. The largest absolute Gasteiger partial charge is 0.481 e. The van der Waals surface area contributed by atoms with Crippen molar-refractivity contribution in [2.75, 3.05) is 0 Å². The molecule has 3 aliphatic carbocycles. The second-order valence-corrected chi connectivity index (χ2v) is 13.3. The molecule has 10 heteroatoms.